The van der Waals surface area contributed by atoms with Gasteiger partial charge in [0.15, 0.2) is 0 Å². The standard InChI is InChI=1S/C10H12N4O5/c15-3-6-5(16)1-7(19-6)14-8-4(12-10(14)18)2-11-9(17)13-8/h2,5-7,15-16H,1,3H2,(H,12,18)(H,11,13,17)/t5-,6+,7-/m1/s1. The summed E-state index contributed by atoms with van der Waals surface area (Å²) < 4.78 is 6.60. The number of aliphatic hydroxyl groups is 2. The van der Waals surface area contributed by atoms with Crippen molar-refractivity contribution in [2.24, 2.45) is 0 Å². The second kappa shape index (κ2) is 4.30. The number of imidazole rings is 1. The van der Waals surface area contributed by atoms with Crippen LogP contribution >= 0.6 is 0 Å². The van der Waals surface area contributed by atoms with Gasteiger partial charge in [-0.2, -0.15) is 4.98 Å². The van der Waals surface area contributed by atoms with E-state index >= 15 is 0 Å². The number of aromatic amines is 2. The van der Waals surface area contributed by atoms with Crippen molar-refractivity contribution in [3.8, 4) is 0 Å². The summed E-state index contributed by atoms with van der Waals surface area (Å²) in [6, 6.07) is 0. The molecule has 4 N–H and O–H groups in total. The lowest BCUT2D eigenvalue weighted by molar-refractivity contribution is -0.0441. The molecule has 2 aromatic rings. The first-order valence-corrected chi connectivity index (χ1v) is 5.74. The van der Waals surface area contributed by atoms with Gasteiger partial charge in [-0.1, -0.05) is 0 Å². The zero-order valence-electron chi connectivity index (χ0n) is 9.74. The third-order valence-electron chi connectivity index (χ3n) is 3.16. The van der Waals surface area contributed by atoms with Crippen molar-refractivity contribution in [2.75, 3.05) is 6.61 Å². The molecule has 9 heteroatoms. The Hall–Kier alpha value is -1.97. The molecule has 0 amide bonds. The topological polar surface area (TPSA) is 133 Å². The van der Waals surface area contributed by atoms with Gasteiger partial charge in [0, 0.05) is 6.42 Å². The molecule has 3 heterocycles. The first kappa shape index (κ1) is 12.1. The molecule has 1 aliphatic heterocycles. The number of aromatic nitrogens is 4. The Morgan fingerprint density at radius 1 is 1.47 bits per heavy atom. The summed E-state index contributed by atoms with van der Waals surface area (Å²) in [7, 11) is 0. The summed E-state index contributed by atoms with van der Waals surface area (Å²) in [6.45, 7) is -0.340. The van der Waals surface area contributed by atoms with Crippen molar-refractivity contribution in [1.29, 1.82) is 0 Å². The van der Waals surface area contributed by atoms with Crippen LogP contribution in [0.25, 0.3) is 11.2 Å². The maximum atomic E-state index is 11.9. The predicted molar refractivity (Wildman–Crippen MR) is 62.6 cm³/mol. The number of nitrogens with one attached hydrogen (secondary N) is 2. The van der Waals surface area contributed by atoms with Crippen LogP contribution in [0.2, 0.25) is 0 Å². The van der Waals surface area contributed by atoms with Gasteiger partial charge in [-0.3, -0.25) is 9.55 Å². The fourth-order valence-corrected chi connectivity index (χ4v) is 2.26. The molecule has 1 saturated heterocycles. The van der Waals surface area contributed by atoms with E-state index in [1.165, 1.54) is 10.8 Å². The minimum Gasteiger partial charge on any atom is -0.394 e. The number of rotatable bonds is 2. The number of hydrogen-bond acceptors (Lipinski definition) is 6. The number of nitrogens with zero attached hydrogens (tertiary/aromatic N) is 2. The van der Waals surface area contributed by atoms with Gasteiger partial charge in [0.05, 0.1) is 18.9 Å². The van der Waals surface area contributed by atoms with Crippen LogP contribution in [-0.4, -0.2) is 48.5 Å². The van der Waals surface area contributed by atoms with Gasteiger partial charge >= 0.3 is 11.4 Å². The van der Waals surface area contributed by atoms with Gasteiger partial charge in [0.25, 0.3) is 0 Å². The van der Waals surface area contributed by atoms with E-state index in [1.54, 1.807) is 0 Å². The van der Waals surface area contributed by atoms with Crippen LogP contribution in [0.15, 0.2) is 15.8 Å². The first-order valence-electron chi connectivity index (χ1n) is 5.74. The number of aliphatic hydroxyl groups excluding tert-OH is 2. The average molecular weight is 268 g/mol. The van der Waals surface area contributed by atoms with Crippen LogP contribution in [0.4, 0.5) is 0 Å². The Morgan fingerprint density at radius 2 is 2.26 bits per heavy atom. The molecule has 2 aromatic heterocycles. The Morgan fingerprint density at radius 3 is 2.95 bits per heavy atom. The number of H-pyrrole nitrogens is 2. The Kier molecular flexibility index (Phi) is 2.73. The van der Waals surface area contributed by atoms with Crippen LogP contribution in [0.1, 0.15) is 12.6 Å². The van der Waals surface area contributed by atoms with Gasteiger partial charge in [-0.15, -0.1) is 0 Å². The molecular weight excluding hydrogens is 256 g/mol. The first-order chi connectivity index (χ1) is 9.10. The molecule has 102 valence electrons. The third-order valence-corrected chi connectivity index (χ3v) is 3.16. The molecule has 0 aliphatic carbocycles. The van der Waals surface area contributed by atoms with E-state index in [4.69, 9.17) is 9.84 Å². The molecule has 0 bridgehead atoms. The van der Waals surface area contributed by atoms with Gasteiger partial charge in [0.2, 0.25) is 0 Å². The van der Waals surface area contributed by atoms with Crippen molar-refractivity contribution in [1.82, 2.24) is 19.5 Å². The molecule has 3 atom stereocenters. The summed E-state index contributed by atoms with van der Waals surface area (Å²) in [5.74, 6) is 0. The van der Waals surface area contributed by atoms with Crippen LogP contribution in [0.5, 0.6) is 0 Å². The Labute approximate surface area is 105 Å². The molecule has 0 radical (unpaired) electrons. The maximum absolute atomic E-state index is 11.9. The summed E-state index contributed by atoms with van der Waals surface area (Å²) >= 11 is 0. The SMILES string of the molecule is O=c1ncc2[nH]c(=O)n([C@H]3C[C@@H](O)[C@H](CO)O3)c2[nH]1. The lowest BCUT2D eigenvalue weighted by Gasteiger charge is -2.12. The van der Waals surface area contributed by atoms with Crippen molar-refractivity contribution in [3.63, 3.8) is 0 Å². The van der Waals surface area contributed by atoms with Crippen LogP contribution in [-0.2, 0) is 4.74 Å². The normalized spacial score (nSPS) is 27.2. The van der Waals surface area contributed by atoms with Gasteiger partial charge < -0.3 is 19.9 Å². The quantitative estimate of drug-likeness (QED) is 0.500. The fraction of sp³-hybridized carbons (Fsp3) is 0.500. The van der Waals surface area contributed by atoms with E-state index in [-0.39, 0.29) is 18.7 Å². The van der Waals surface area contributed by atoms with E-state index in [2.05, 4.69) is 15.0 Å². The second-order valence-corrected chi connectivity index (χ2v) is 4.37. The summed E-state index contributed by atoms with van der Waals surface area (Å²) in [5.41, 5.74) is -0.442. The zero-order chi connectivity index (χ0) is 13.6. The minimum absolute atomic E-state index is 0.155. The fourth-order valence-electron chi connectivity index (χ4n) is 2.26. The van der Waals surface area contributed by atoms with Crippen LogP contribution < -0.4 is 11.4 Å². The molecule has 9 nitrogen and oxygen atoms in total. The molecule has 1 fully saturated rings. The highest BCUT2D eigenvalue weighted by Crippen LogP contribution is 2.28. The zero-order valence-corrected chi connectivity index (χ0v) is 9.74. The molecule has 0 aromatic carbocycles. The highest BCUT2D eigenvalue weighted by atomic mass is 16.5. The van der Waals surface area contributed by atoms with E-state index in [9.17, 15) is 14.7 Å². The molecular formula is C10H12N4O5. The van der Waals surface area contributed by atoms with Crippen LogP contribution in [0.3, 0.4) is 0 Å². The maximum Gasteiger partial charge on any atom is 0.346 e. The average Bonchev–Trinajstić information content (AvgIpc) is 2.88. The van der Waals surface area contributed by atoms with Crippen molar-refractivity contribution < 1.29 is 14.9 Å². The second-order valence-electron chi connectivity index (χ2n) is 4.37. The van der Waals surface area contributed by atoms with Crippen molar-refractivity contribution in [3.05, 3.63) is 27.2 Å². The van der Waals surface area contributed by atoms with Crippen molar-refractivity contribution in [2.45, 2.75) is 24.9 Å². The highest BCUT2D eigenvalue weighted by molar-refractivity contribution is 5.68. The largest absolute Gasteiger partial charge is 0.394 e. The highest BCUT2D eigenvalue weighted by Gasteiger charge is 2.36. The lowest BCUT2D eigenvalue weighted by atomic mass is 10.2. The van der Waals surface area contributed by atoms with Gasteiger partial charge in [-0.05, 0) is 0 Å². The van der Waals surface area contributed by atoms with E-state index in [0.29, 0.717) is 5.52 Å². The van der Waals surface area contributed by atoms with Crippen molar-refractivity contribution >= 4 is 11.2 Å². The summed E-state index contributed by atoms with van der Waals surface area (Å²) in [5, 5.41) is 18.7. The lowest BCUT2D eigenvalue weighted by Crippen LogP contribution is -2.25. The molecule has 1 aliphatic rings. The van der Waals surface area contributed by atoms with Gasteiger partial charge in [-0.25, -0.2) is 9.59 Å². The molecule has 0 saturated carbocycles. The molecule has 0 unspecified atom stereocenters. The monoisotopic (exact) mass is 268 g/mol. The van der Waals surface area contributed by atoms with E-state index in [0.717, 1.165) is 0 Å². The third kappa shape index (κ3) is 1.87. The summed E-state index contributed by atoms with van der Waals surface area (Å²) in [6.07, 6.45) is -0.939. The molecule has 19 heavy (non-hydrogen) atoms. The number of hydrogen-bond donors (Lipinski definition) is 4. The molecule has 3 rings (SSSR count). The predicted octanol–water partition coefficient (Wildman–Crippen LogP) is -1.95. The molecule has 0 spiro atoms. The smallest absolute Gasteiger partial charge is 0.346 e. The number of ether oxygens (including phenoxy) is 1. The van der Waals surface area contributed by atoms with E-state index < -0.39 is 29.8 Å². The Balaban J connectivity index is 2.10. The van der Waals surface area contributed by atoms with E-state index in [1.807, 2.05) is 0 Å². The van der Waals surface area contributed by atoms with Crippen LogP contribution in [0, 0.1) is 0 Å². The van der Waals surface area contributed by atoms with Gasteiger partial charge in [0.1, 0.15) is 23.5 Å². The Bertz CT molecular complexity index is 717. The number of fused-ring (bicyclic) bond motifs is 1. The minimum atomic E-state index is -0.861. The summed E-state index contributed by atoms with van der Waals surface area (Å²) in [4.78, 5) is 31.6.